The zero-order valence-corrected chi connectivity index (χ0v) is 12.1. The highest BCUT2D eigenvalue weighted by atomic mass is 32.1. The van der Waals surface area contributed by atoms with Crippen LogP contribution in [0.15, 0.2) is 0 Å². The van der Waals surface area contributed by atoms with Crippen LogP contribution in [0.2, 0.25) is 0 Å². The normalized spacial score (nSPS) is 13.4. The van der Waals surface area contributed by atoms with Gasteiger partial charge in [-0.1, -0.05) is 20.8 Å². The van der Waals surface area contributed by atoms with Crippen molar-refractivity contribution < 1.29 is 13.3 Å². The molecule has 0 aliphatic carbocycles. The highest BCUT2D eigenvalue weighted by Gasteiger charge is 2.15. The van der Waals surface area contributed by atoms with Gasteiger partial charge in [-0.3, -0.25) is 0 Å². The Morgan fingerprint density at radius 3 is 2.00 bits per heavy atom. The number of hydrogen-bond donors (Lipinski definition) is 1. The Morgan fingerprint density at radius 2 is 1.60 bits per heavy atom. The highest BCUT2D eigenvalue weighted by molar-refractivity contribution is 7.80. The quantitative estimate of drug-likeness (QED) is 0.477. The van der Waals surface area contributed by atoms with Gasteiger partial charge in [-0.25, -0.2) is 0 Å². The van der Waals surface area contributed by atoms with Crippen molar-refractivity contribution >= 4 is 22.2 Å². The lowest BCUT2D eigenvalue weighted by molar-refractivity contribution is 0.0846. The van der Waals surface area contributed by atoms with Gasteiger partial charge in [-0.15, -0.1) is 0 Å². The molecular formula is C10H24O3SSi. The Hall–Kier alpha value is 0.447. The van der Waals surface area contributed by atoms with Crippen molar-refractivity contribution in [3.8, 4) is 0 Å². The lowest BCUT2D eigenvalue weighted by atomic mass is 10.2. The van der Waals surface area contributed by atoms with Gasteiger partial charge in [0.05, 0.1) is 0 Å². The van der Waals surface area contributed by atoms with Gasteiger partial charge in [-0.05, 0) is 24.5 Å². The predicted octanol–water partition coefficient (Wildman–Crippen LogP) is 2.14. The summed E-state index contributed by atoms with van der Waals surface area (Å²) in [5.74, 6) is 1.29. The molecule has 0 aromatic rings. The van der Waals surface area contributed by atoms with Crippen LogP contribution in [-0.4, -0.2) is 35.1 Å². The van der Waals surface area contributed by atoms with Gasteiger partial charge in [0.2, 0.25) is 0 Å². The largest absolute Gasteiger partial charge is 0.484 e. The Kier molecular flexibility index (Phi) is 11.3. The third kappa shape index (κ3) is 9.38. The zero-order valence-electron chi connectivity index (χ0n) is 10.1. The van der Waals surface area contributed by atoms with Crippen molar-refractivity contribution in [2.24, 2.45) is 5.92 Å². The van der Waals surface area contributed by atoms with Crippen molar-refractivity contribution in [1.82, 2.24) is 0 Å². The van der Waals surface area contributed by atoms with E-state index in [9.17, 15) is 0 Å². The van der Waals surface area contributed by atoms with Gasteiger partial charge in [0.15, 0.2) is 0 Å². The molecule has 0 rings (SSSR count). The second-order valence-electron chi connectivity index (χ2n) is 3.65. The molecule has 3 nitrogen and oxygen atoms in total. The van der Waals surface area contributed by atoms with E-state index in [-0.39, 0.29) is 0 Å². The molecule has 0 spiro atoms. The molecule has 0 aromatic carbocycles. The SMILES string of the molecule is CCCO[SiH](OCCC)OCC(C)CS. The van der Waals surface area contributed by atoms with Gasteiger partial charge in [0.1, 0.15) is 0 Å². The van der Waals surface area contributed by atoms with Crippen molar-refractivity contribution in [2.45, 2.75) is 33.6 Å². The summed E-state index contributed by atoms with van der Waals surface area (Å²) in [5.41, 5.74) is 0. The Labute approximate surface area is 101 Å². The molecule has 0 fully saturated rings. The van der Waals surface area contributed by atoms with Gasteiger partial charge in [0, 0.05) is 19.8 Å². The van der Waals surface area contributed by atoms with E-state index >= 15 is 0 Å². The predicted molar refractivity (Wildman–Crippen MR) is 68.6 cm³/mol. The molecule has 0 radical (unpaired) electrons. The maximum absolute atomic E-state index is 5.64. The Bertz CT molecular complexity index is 130. The van der Waals surface area contributed by atoms with Crippen LogP contribution in [0.1, 0.15) is 33.6 Å². The first kappa shape index (κ1) is 15.4. The van der Waals surface area contributed by atoms with Crippen LogP contribution in [0.3, 0.4) is 0 Å². The van der Waals surface area contributed by atoms with Crippen LogP contribution in [0.4, 0.5) is 0 Å². The molecular weight excluding hydrogens is 228 g/mol. The van der Waals surface area contributed by atoms with Crippen molar-refractivity contribution in [2.75, 3.05) is 25.6 Å². The lowest BCUT2D eigenvalue weighted by Gasteiger charge is -2.18. The summed E-state index contributed by atoms with van der Waals surface area (Å²) in [4.78, 5) is 0. The first-order chi connectivity index (χ1) is 7.24. The average Bonchev–Trinajstić information content (AvgIpc) is 2.27. The molecule has 0 bridgehead atoms. The average molecular weight is 252 g/mol. The summed E-state index contributed by atoms with van der Waals surface area (Å²) >= 11 is 4.21. The molecule has 1 atom stereocenters. The molecule has 0 heterocycles. The highest BCUT2D eigenvalue weighted by Crippen LogP contribution is 2.02. The third-order valence-corrected chi connectivity index (χ3v) is 3.85. The summed E-state index contributed by atoms with van der Waals surface area (Å²) in [6.07, 6.45) is 2.01. The van der Waals surface area contributed by atoms with E-state index in [1.807, 2.05) is 0 Å². The number of hydrogen-bond acceptors (Lipinski definition) is 4. The number of rotatable bonds is 10. The topological polar surface area (TPSA) is 27.7 Å². The minimum atomic E-state index is -1.87. The fourth-order valence-corrected chi connectivity index (χ4v) is 2.60. The van der Waals surface area contributed by atoms with E-state index in [1.165, 1.54) is 0 Å². The van der Waals surface area contributed by atoms with Crippen LogP contribution >= 0.6 is 12.6 Å². The second-order valence-corrected chi connectivity index (χ2v) is 5.59. The van der Waals surface area contributed by atoms with E-state index in [1.54, 1.807) is 0 Å². The maximum Gasteiger partial charge on any atom is 0.484 e. The summed E-state index contributed by atoms with van der Waals surface area (Å²) in [7, 11) is -1.87. The van der Waals surface area contributed by atoms with Gasteiger partial charge >= 0.3 is 9.53 Å². The third-order valence-electron chi connectivity index (χ3n) is 1.74. The molecule has 5 heteroatoms. The maximum atomic E-state index is 5.64. The fourth-order valence-electron chi connectivity index (χ4n) is 0.868. The molecule has 0 saturated heterocycles. The van der Waals surface area contributed by atoms with Crippen LogP contribution in [0.5, 0.6) is 0 Å². The van der Waals surface area contributed by atoms with Crippen LogP contribution in [-0.2, 0) is 13.3 Å². The molecule has 1 unspecified atom stereocenters. The van der Waals surface area contributed by atoms with E-state index in [0.29, 0.717) is 12.5 Å². The second kappa shape index (κ2) is 10.9. The first-order valence-electron chi connectivity index (χ1n) is 5.70. The zero-order chi connectivity index (χ0) is 11.5. The Balaban J connectivity index is 3.67. The standard InChI is InChI=1S/C10H24O3SSi/c1-4-6-11-15(12-7-5-2)13-8-10(3)9-14/h10,14-15H,4-9H2,1-3H3. The molecule has 0 aliphatic rings. The first-order valence-corrected chi connectivity index (χ1v) is 7.74. The monoisotopic (exact) mass is 252 g/mol. The van der Waals surface area contributed by atoms with Crippen molar-refractivity contribution in [3.63, 3.8) is 0 Å². The van der Waals surface area contributed by atoms with E-state index in [4.69, 9.17) is 13.3 Å². The summed E-state index contributed by atoms with van der Waals surface area (Å²) in [6, 6.07) is 0. The van der Waals surface area contributed by atoms with Gasteiger partial charge < -0.3 is 13.3 Å². The van der Waals surface area contributed by atoms with E-state index in [0.717, 1.165) is 31.8 Å². The molecule has 0 aliphatic heterocycles. The smallest absolute Gasteiger partial charge is 0.376 e. The summed E-state index contributed by atoms with van der Waals surface area (Å²) < 4.78 is 16.8. The Morgan fingerprint density at radius 1 is 1.07 bits per heavy atom. The van der Waals surface area contributed by atoms with Crippen molar-refractivity contribution in [3.05, 3.63) is 0 Å². The van der Waals surface area contributed by atoms with Crippen LogP contribution < -0.4 is 0 Å². The molecule has 0 N–H and O–H groups in total. The van der Waals surface area contributed by atoms with Gasteiger partial charge in [0.25, 0.3) is 0 Å². The van der Waals surface area contributed by atoms with E-state index in [2.05, 4.69) is 33.4 Å². The minimum Gasteiger partial charge on any atom is -0.376 e. The van der Waals surface area contributed by atoms with E-state index < -0.39 is 9.53 Å². The van der Waals surface area contributed by atoms with Crippen LogP contribution in [0.25, 0.3) is 0 Å². The van der Waals surface area contributed by atoms with Crippen molar-refractivity contribution in [1.29, 1.82) is 0 Å². The lowest BCUT2D eigenvalue weighted by Crippen LogP contribution is -2.30. The molecule has 0 aromatic heterocycles. The molecule has 15 heavy (non-hydrogen) atoms. The molecule has 0 saturated carbocycles. The summed E-state index contributed by atoms with van der Waals surface area (Å²) in [6.45, 7) is 8.43. The molecule has 92 valence electrons. The summed E-state index contributed by atoms with van der Waals surface area (Å²) in [5, 5.41) is 0. The molecule has 0 amide bonds. The number of thiol groups is 1. The fraction of sp³-hybridized carbons (Fsp3) is 1.00. The minimum absolute atomic E-state index is 0.457. The van der Waals surface area contributed by atoms with Crippen LogP contribution in [0, 0.1) is 5.92 Å². The van der Waals surface area contributed by atoms with Gasteiger partial charge in [-0.2, -0.15) is 12.6 Å².